The first-order valence-electron chi connectivity index (χ1n) is 6.97. The molecule has 1 saturated carbocycles. The Bertz CT molecular complexity index is 316. The minimum atomic E-state index is -0.951. The minimum Gasteiger partial charge on any atom is -0.428 e. The number of hydrogen-bond acceptors (Lipinski definition) is 5. The molecule has 1 fully saturated rings. The Morgan fingerprint density at radius 3 is 2.32 bits per heavy atom. The van der Waals surface area contributed by atoms with Crippen LogP contribution in [0, 0.1) is 5.92 Å². The van der Waals surface area contributed by atoms with Crippen LogP contribution in [0.1, 0.15) is 59.3 Å². The molecule has 110 valence electrons. The van der Waals surface area contributed by atoms with Crippen molar-refractivity contribution < 1.29 is 19.1 Å². The SMILES string of the molecule is CC(C)(C)OC(=O)OC(=O)CC(N)C1CCCCC1. The smallest absolute Gasteiger partial charge is 0.428 e. The molecule has 2 N–H and O–H groups in total. The van der Waals surface area contributed by atoms with Gasteiger partial charge in [0.2, 0.25) is 0 Å². The van der Waals surface area contributed by atoms with E-state index < -0.39 is 17.7 Å². The molecule has 0 saturated heterocycles. The number of nitrogens with two attached hydrogens (primary N) is 1. The molecule has 1 atom stereocenters. The molecule has 0 aromatic heterocycles. The molecule has 0 amide bonds. The summed E-state index contributed by atoms with van der Waals surface area (Å²) >= 11 is 0. The fourth-order valence-electron chi connectivity index (χ4n) is 2.33. The number of hydrogen-bond donors (Lipinski definition) is 1. The maximum atomic E-state index is 11.6. The monoisotopic (exact) mass is 271 g/mol. The molecule has 0 aromatic rings. The van der Waals surface area contributed by atoms with Crippen LogP contribution in [-0.4, -0.2) is 23.8 Å². The van der Waals surface area contributed by atoms with Crippen LogP contribution in [0.4, 0.5) is 4.79 Å². The summed E-state index contributed by atoms with van der Waals surface area (Å²) in [5, 5.41) is 0. The van der Waals surface area contributed by atoms with E-state index in [-0.39, 0.29) is 12.5 Å². The second-order valence-electron chi connectivity index (χ2n) is 6.20. The number of rotatable bonds is 3. The molecular formula is C14H25NO4. The van der Waals surface area contributed by atoms with E-state index >= 15 is 0 Å². The summed E-state index contributed by atoms with van der Waals surface area (Å²) in [6, 6.07) is -0.227. The topological polar surface area (TPSA) is 78.6 Å². The van der Waals surface area contributed by atoms with Crippen molar-refractivity contribution in [2.24, 2.45) is 11.7 Å². The van der Waals surface area contributed by atoms with Gasteiger partial charge >= 0.3 is 12.1 Å². The van der Waals surface area contributed by atoms with Gasteiger partial charge in [0.15, 0.2) is 0 Å². The highest BCUT2D eigenvalue weighted by molar-refractivity contribution is 5.82. The van der Waals surface area contributed by atoms with Crippen LogP contribution in [0.15, 0.2) is 0 Å². The highest BCUT2D eigenvalue weighted by atomic mass is 16.7. The van der Waals surface area contributed by atoms with E-state index in [2.05, 4.69) is 4.74 Å². The summed E-state index contributed by atoms with van der Waals surface area (Å²) in [6.45, 7) is 5.14. The van der Waals surface area contributed by atoms with Crippen LogP contribution in [0.5, 0.6) is 0 Å². The lowest BCUT2D eigenvalue weighted by Crippen LogP contribution is -2.35. The van der Waals surface area contributed by atoms with Crippen molar-refractivity contribution in [2.75, 3.05) is 0 Å². The van der Waals surface area contributed by atoms with Crippen LogP contribution in [-0.2, 0) is 14.3 Å². The van der Waals surface area contributed by atoms with Gasteiger partial charge in [-0.05, 0) is 39.5 Å². The Balaban J connectivity index is 2.31. The number of carbonyl (C=O) groups is 2. The summed E-state index contributed by atoms with van der Waals surface area (Å²) in [4.78, 5) is 22.9. The molecule has 5 nitrogen and oxygen atoms in total. The fourth-order valence-corrected chi connectivity index (χ4v) is 2.33. The maximum absolute atomic E-state index is 11.6. The van der Waals surface area contributed by atoms with Crippen molar-refractivity contribution in [1.29, 1.82) is 0 Å². The van der Waals surface area contributed by atoms with E-state index in [1.54, 1.807) is 20.8 Å². The van der Waals surface area contributed by atoms with Crippen LogP contribution >= 0.6 is 0 Å². The van der Waals surface area contributed by atoms with Crippen molar-refractivity contribution in [3.8, 4) is 0 Å². The third kappa shape index (κ3) is 6.57. The summed E-state index contributed by atoms with van der Waals surface area (Å²) in [7, 11) is 0. The number of esters is 1. The quantitative estimate of drug-likeness (QED) is 0.630. The van der Waals surface area contributed by atoms with Gasteiger partial charge in [-0.3, -0.25) is 4.79 Å². The Hall–Kier alpha value is -1.10. The number of ether oxygens (including phenoxy) is 2. The molecule has 0 aromatic carbocycles. The Labute approximate surface area is 114 Å². The van der Waals surface area contributed by atoms with Crippen molar-refractivity contribution in [3.63, 3.8) is 0 Å². The van der Waals surface area contributed by atoms with Gasteiger partial charge in [-0.25, -0.2) is 4.79 Å². The van der Waals surface area contributed by atoms with Gasteiger partial charge in [-0.1, -0.05) is 19.3 Å². The molecule has 0 spiro atoms. The van der Waals surface area contributed by atoms with Gasteiger partial charge in [0, 0.05) is 6.04 Å². The lowest BCUT2D eigenvalue weighted by Gasteiger charge is -2.26. The first kappa shape index (κ1) is 16.0. The second-order valence-corrected chi connectivity index (χ2v) is 6.20. The van der Waals surface area contributed by atoms with Gasteiger partial charge in [0.1, 0.15) is 5.60 Å². The first-order chi connectivity index (χ1) is 8.78. The second kappa shape index (κ2) is 6.89. The van der Waals surface area contributed by atoms with Gasteiger partial charge in [0.25, 0.3) is 0 Å². The average Bonchev–Trinajstić information content (AvgIpc) is 2.27. The first-order valence-corrected chi connectivity index (χ1v) is 6.97. The summed E-state index contributed by atoms with van der Waals surface area (Å²) in [5.74, 6) is -0.243. The van der Waals surface area contributed by atoms with Gasteiger partial charge < -0.3 is 15.2 Å². The van der Waals surface area contributed by atoms with E-state index in [1.807, 2.05) is 0 Å². The molecule has 1 rings (SSSR count). The maximum Gasteiger partial charge on any atom is 0.516 e. The van der Waals surface area contributed by atoms with E-state index in [0.29, 0.717) is 5.92 Å². The van der Waals surface area contributed by atoms with Crippen LogP contribution in [0.25, 0.3) is 0 Å². The standard InChI is InChI=1S/C14H25NO4/c1-14(2,3)19-13(17)18-12(16)9-11(15)10-7-5-4-6-8-10/h10-11H,4-9,15H2,1-3H3. The molecule has 0 heterocycles. The molecule has 1 aliphatic carbocycles. The molecule has 1 unspecified atom stereocenters. The highest BCUT2D eigenvalue weighted by Gasteiger charge is 2.25. The third-order valence-corrected chi connectivity index (χ3v) is 3.24. The molecule has 19 heavy (non-hydrogen) atoms. The van der Waals surface area contributed by atoms with E-state index in [4.69, 9.17) is 10.5 Å². The van der Waals surface area contributed by atoms with Crippen molar-refractivity contribution in [2.45, 2.75) is 70.9 Å². The van der Waals surface area contributed by atoms with Crippen LogP contribution in [0.2, 0.25) is 0 Å². The van der Waals surface area contributed by atoms with E-state index in [1.165, 1.54) is 19.3 Å². The van der Waals surface area contributed by atoms with Crippen LogP contribution < -0.4 is 5.73 Å². The zero-order chi connectivity index (χ0) is 14.5. The largest absolute Gasteiger partial charge is 0.516 e. The van der Waals surface area contributed by atoms with E-state index in [9.17, 15) is 9.59 Å². The van der Waals surface area contributed by atoms with Crippen molar-refractivity contribution in [3.05, 3.63) is 0 Å². The molecule has 0 bridgehead atoms. The highest BCUT2D eigenvalue weighted by Crippen LogP contribution is 2.26. The average molecular weight is 271 g/mol. The zero-order valence-corrected chi connectivity index (χ0v) is 12.1. The van der Waals surface area contributed by atoms with Gasteiger partial charge in [-0.15, -0.1) is 0 Å². The lowest BCUT2D eigenvalue weighted by molar-refractivity contribution is -0.142. The Morgan fingerprint density at radius 1 is 1.21 bits per heavy atom. The molecule has 0 radical (unpaired) electrons. The predicted molar refractivity (Wildman–Crippen MR) is 71.5 cm³/mol. The predicted octanol–water partition coefficient (Wildman–Crippen LogP) is 2.76. The zero-order valence-electron chi connectivity index (χ0n) is 12.1. The Morgan fingerprint density at radius 2 is 1.79 bits per heavy atom. The summed E-state index contributed by atoms with van der Waals surface area (Å²) in [5.41, 5.74) is 5.34. The van der Waals surface area contributed by atoms with Crippen LogP contribution in [0.3, 0.4) is 0 Å². The third-order valence-electron chi connectivity index (χ3n) is 3.24. The minimum absolute atomic E-state index is 0.0733. The summed E-state index contributed by atoms with van der Waals surface area (Å²) in [6.07, 6.45) is 4.81. The fraction of sp³-hybridized carbons (Fsp3) is 0.857. The van der Waals surface area contributed by atoms with Crippen molar-refractivity contribution in [1.82, 2.24) is 0 Å². The van der Waals surface area contributed by atoms with E-state index in [0.717, 1.165) is 12.8 Å². The van der Waals surface area contributed by atoms with Gasteiger partial charge in [0.05, 0.1) is 6.42 Å². The molecular weight excluding hydrogens is 246 g/mol. The molecule has 0 aliphatic heterocycles. The summed E-state index contributed by atoms with van der Waals surface area (Å²) < 4.78 is 9.52. The Kier molecular flexibility index (Phi) is 5.79. The normalized spacial score (nSPS) is 18.7. The molecule has 1 aliphatic rings. The van der Waals surface area contributed by atoms with Gasteiger partial charge in [-0.2, -0.15) is 0 Å². The lowest BCUT2D eigenvalue weighted by atomic mass is 9.83. The van der Waals surface area contributed by atoms with Crippen molar-refractivity contribution >= 4 is 12.1 Å². The number of carbonyl (C=O) groups excluding carboxylic acids is 2. The molecule has 5 heteroatoms.